The lowest BCUT2D eigenvalue weighted by molar-refractivity contribution is -0.137. The molecule has 0 radical (unpaired) electrons. The van der Waals surface area contributed by atoms with E-state index in [2.05, 4.69) is 5.32 Å². The summed E-state index contributed by atoms with van der Waals surface area (Å²) < 4.78 is 0. The Hall–Kier alpha value is -0.570. The molecule has 13 heavy (non-hydrogen) atoms. The van der Waals surface area contributed by atoms with Gasteiger partial charge in [0, 0.05) is 6.42 Å². The molecule has 2 N–H and O–H groups in total. The van der Waals surface area contributed by atoms with Gasteiger partial charge in [0.25, 0.3) is 0 Å². The van der Waals surface area contributed by atoms with Crippen molar-refractivity contribution in [1.82, 2.24) is 5.32 Å². The second kappa shape index (κ2) is 5.97. The quantitative estimate of drug-likeness (QED) is 0.640. The molecule has 76 valence electrons. The Morgan fingerprint density at radius 1 is 1.31 bits per heavy atom. The summed E-state index contributed by atoms with van der Waals surface area (Å²) in [4.78, 5) is 10.2. The first-order valence-corrected chi connectivity index (χ1v) is 5.21. The maximum absolute atomic E-state index is 10.2. The first-order chi connectivity index (χ1) is 6.29. The second-order valence-electron chi connectivity index (χ2n) is 3.83. The van der Waals surface area contributed by atoms with E-state index in [4.69, 9.17) is 5.11 Å². The molecule has 0 bridgehead atoms. The van der Waals surface area contributed by atoms with Crippen molar-refractivity contribution < 1.29 is 9.90 Å². The maximum Gasteiger partial charge on any atom is 0.303 e. The van der Waals surface area contributed by atoms with Crippen molar-refractivity contribution in [3.63, 3.8) is 0 Å². The van der Waals surface area contributed by atoms with Crippen LogP contribution in [0.15, 0.2) is 0 Å². The molecule has 3 nitrogen and oxygen atoms in total. The largest absolute Gasteiger partial charge is 0.481 e. The van der Waals surface area contributed by atoms with E-state index >= 15 is 0 Å². The van der Waals surface area contributed by atoms with Crippen LogP contribution in [-0.4, -0.2) is 24.2 Å². The van der Waals surface area contributed by atoms with Crippen LogP contribution in [0, 0.1) is 5.92 Å². The number of carboxylic acids is 1. The van der Waals surface area contributed by atoms with E-state index in [1.165, 1.54) is 19.3 Å². The summed E-state index contributed by atoms with van der Waals surface area (Å²) in [6.07, 6.45) is 6.02. The van der Waals surface area contributed by atoms with Crippen molar-refractivity contribution in [3.05, 3.63) is 0 Å². The molecule has 0 aliphatic carbocycles. The minimum absolute atomic E-state index is 0.338. The highest BCUT2D eigenvalue weighted by Crippen LogP contribution is 2.18. The van der Waals surface area contributed by atoms with Crippen molar-refractivity contribution in [3.8, 4) is 0 Å². The molecule has 1 aliphatic rings. The number of nitrogens with one attached hydrogen (secondary N) is 1. The zero-order valence-electron chi connectivity index (χ0n) is 8.09. The minimum Gasteiger partial charge on any atom is -0.481 e. The molecule has 0 spiro atoms. The number of aliphatic carboxylic acids is 1. The summed E-state index contributed by atoms with van der Waals surface area (Å²) in [5.74, 6) is 0.181. The van der Waals surface area contributed by atoms with Crippen LogP contribution in [0.1, 0.15) is 38.5 Å². The van der Waals surface area contributed by atoms with Gasteiger partial charge in [-0.05, 0) is 38.3 Å². The average Bonchev–Trinajstić information content (AvgIpc) is 2.14. The normalized spacial score (nSPS) is 18.8. The van der Waals surface area contributed by atoms with E-state index in [1.807, 2.05) is 0 Å². The van der Waals surface area contributed by atoms with Gasteiger partial charge >= 0.3 is 5.97 Å². The molecular weight excluding hydrogens is 166 g/mol. The van der Waals surface area contributed by atoms with E-state index < -0.39 is 5.97 Å². The summed E-state index contributed by atoms with van der Waals surface area (Å²) in [6.45, 7) is 2.28. The summed E-state index contributed by atoms with van der Waals surface area (Å²) in [5.41, 5.74) is 0. The number of hydrogen-bond acceptors (Lipinski definition) is 2. The van der Waals surface area contributed by atoms with Gasteiger partial charge < -0.3 is 10.4 Å². The molecule has 1 saturated heterocycles. The predicted octanol–water partition coefficient (Wildman–Crippen LogP) is 1.63. The Bertz CT molecular complexity index is 153. The molecule has 0 atom stereocenters. The molecular formula is C10H19NO2. The molecule has 0 aromatic rings. The maximum atomic E-state index is 10.2. The Labute approximate surface area is 79.5 Å². The number of rotatable bonds is 5. The highest BCUT2D eigenvalue weighted by Gasteiger charge is 2.12. The van der Waals surface area contributed by atoms with Crippen LogP contribution in [0.3, 0.4) is 0 Å². The molecule has 1 aliphatic heterocycles. The minimum atomic E-state index is -0.662. The SMILES string of the molecule is O=C(O)CCCCC1CCNCC1. The van der Waals surface area contributed by atoms with E-state index in [0.717, 1.165) is 31.8 Å². The zero-order valence-corrected chi connectivity index (χ0v) is 8.09. The molecule has 0 aromatic heterocycles. The van der Waals surface area contributed by atoms with Crippen molar-refractivity contribution in [2.45, 2.75) is 38.5 Å². The fourth-order valence-corrected chi connectivity index (χ4v) is 1.88. The predicted molar refractivity (Wildman–Crippen MR) is 51.7 cm³/mol. The summed E-state index contributed by atoms with van der Waals surface area (Å²) >= 11 is 0. The van der Waals surface area contributed by atoms with Gasteiger partial charge in [0.05, 0.1) is 0 Å². The van der Waals surface area contributed by atoms with E-state index in [0.29, 0.717) is 6.42 Å². The third-order valence-electron chi connectivity index (χ3n) is 2.71. The summed E-state index contributed by atoms with van der Waals surface area (Å²) in [5, 5.41) is 11.8. The lowest BCUT2D eigenvalue weighted by Crippen LogP contribution is -2.27. The van der Waals surface area contributed by atoms with E-state index in [-0.39, 0.29) is 0 Å². The fourth-order valence-electron chi connectivity index (χ4n) is 1.88. The van der Waals surface area contributed by atoms with Gasteiger partial charge in [-0.15, -0.1) is 0 Å². The Morgan fingerprint density at radius 2 is 2.00 bits per heavy atom. The highest BCUT2D eigenvalue weighted by molar-refractivity contribution is 5.66. The highest BCUT2D eigenvalue weighted by atomic mass is 16.4. The van der Waals surface area contributed by atoms with Gasteiger partial charge in [0.2, 0.25) is 0 Å². The topological polar surface area (TPSA) is 49.3 Å². The number of unbranched alkanes of at least 4 members (excludes halogenated alkanes) is 1. The van der Waals surface area contributed by atoms with Gasteiger partial charge in [-0.3, -0.25) is 4.79 Å². The number of hydrogen-bond donors (Lipinski definition) is 2. The monoisotopic (exact) mass is 185 g/mol. The van der Waals surface area contributed by atoms with Crippen molar-refractivity contribution in [2.75, 3.05) is 13.1 Å². The molecule has 0 saturated carbocycles. The van der Waals surface area contributed by atoms with E-state index in [1.54, 1.807) is 0 Å². The fraction of sp³-hybridized carbons (Fsp3) is 0.900. The van der Waals surface area contributed by atoms with Gasteiger partial charge in [0.1, 0.15) is 0 Å². The molecule has 1 heterocycles. The van der Waals surface area contributed by atoms with Crippen LogP contribution < -0.4 is 5.32 Å². The van der Waals surface area contributed by atoms with Gasteiger partial charge in [-0.1, -0.05) is 12.8 Å². The lowest BCUT2D eigenvalue weighted by Gasteiger charge is -2.22. The summed E-state index contributed by atoms with van der Waals surface area (Å²) in [7, 11) is 0. The Balaban J connectivity index is 1.95. The first-order valence-electron chi connectivity index (χ1n) is 5.21. The molecule has 0 aromatic carbocycles. The third-order valence-corrected chi connectivity index (χ3v) is 2.71. The third kappa shape index (κ3) is 4.88. The average molecular weight is 185 g/mol. The Morgan fingerprint density at radius 3 is 2.62 bits per heavy atom. The first kappa shape index (κ1) is 10.5. The standard InChI is InChI=1S/C10H19NO2/c12-10(13)4-2-1-3-9-5-7-11-8-6-9/h9,11H,1-8H2,(H,12,13). The second-order valence-corrected chi connectivity index (χ2v) is 3.83. The van der Waals surface area contributed by atoms with Crippen LogP contribution in [0.4, 0.5) is 0 Å². The van der Waals surface area contributed by atoms with Crippen LogP contribution in [0.5, 0.6) is 0 Å². The smallest absolute Gasteiger partial charge is 0.303 e. The van der Waals surface area contributed by atoms with Crippen LogP contribution in [-0.2, 0) is 4.79 Å². The number of carboxylic acid groups (broad SMARTS) is 1. The lowest BCUT2D eigenvalue weighted by atomic mass is 9.92. The van der Waals surface area contributed by atoms with Crippen molar-refractivity contribution >= 4 is 5.97 Å². The molecule has 1 rings (SSSR count). The van der Waals surface area contributed by atoms with Crippen LogP contribution in [0.2, 0.25) is 0 Å². The van der Waals surface area contributed by atoms with Gasteiger partial charge in [-0.25, -0.2) is 0 Å². The number of carbonyl (C=O) groups is 1. The van der Waals surface area contributed by atoms with E-state index in [9.17, 15) is 4.79 Å². The van der Waals surface area contributed by atoms with Gasteiger partial charge in [-0.2, -0.15) is 0 Å². The van der Waals surface area contributed by atoms with Crippen molar-refractivity contribution in [1.29, 1.82) is 0 Å². The van der Waals surface area contributed by atoms with Gasteiger partial charge in [0.15, 0.2) is 0 Å². The Kier molecular flexibility index (Phi) is 4.83. The number of piperidine rings is 1. The molecule has 0 unspecified atom stereocenters. The molecule has 0 amide bonds. The zero-order chi connectivity index (χ0) is 9.52. The molecule has 3 heteroatoms. The van der Waals surface area contributed by atoms with Crippen molar-refractivity contribution in [2.24, 2.45) is 5.92 Å². The molecule has 1 fully saturated rings. The van der Waals surface area contributed by atoms with Crippen LogP contribution in [0.25, 0.3) is 0 Å². The van der Waals surface area contributed by atoms with Crippen LogP contribution >= 0.6 is 0 Å². The summed E-state index contributed by atoms with van der Waals surface area (Å²) in [6, 6.07) is 0.